The Morgan fingerprint density at radius 3 is 2.42 bits per heavy atom. The van der Waals surface area contributed by atoms with E-state index in [1.165, 1.54) is 0 Å². The number of ether oxygens (including phenoxy) is 3. The van der Waals surface area contributed by atoms with Gasteiger partial charge in [0.15, 0.2) is 0 Å². The Labute approximate surface area is 153 Å². The maximum absolute atomic E-state index is 12.3. The molecule has 2 aromatic rings. The third kappa shape index (κ3) is 4.33. The van der Waals surface area contributed by atoms with Crippen LogP contribution < -0.4 is 9.47 Å². The average molecular weight is 359 g/mol. The smallest absolute Gasteiger partial charge is 0.410 e. The van der Waals surface area contributed by atoms with Gasteiger partial charge < -0.3 is 19.1 Å². The molecule has 1 atom stereocenters. The Bertz CT molecular complexity index is 788. The molecular formula is C19H25N3O4. The van der Waals surface area contributed by atoms with Crippen molar-refractivity contribution >= 4 is 17.1 Å². The van der Waals surface area contributed by atoms with Gasteiger partial charge in [-0.15, -0.1) is 0 Å². The van der Waals surface area contributed by atoms with Gasteiger partial charge >= 0.3 is 6.09 Å². The Balaban J connectivity index is 1.74. The first-order valence-corrected chi connectivity index (χ1v) is 8.81. The molecule has 0 bridgehead atoms. The molecule has 0 spiro atoms. The van der Waals surface area contributed by atoms with E-state index in [2.05, 4.69) is 9.97 Å². The molecule has 1 aromatic heterocycles. The highest BCUT2D eigenvalue weighted by Gasteiger charge is 2.29. The second kappa shape index (κ2) is 7.35. The van der Waals surface area contributed by atoms with E-state index in [1.54, 1.807) is 12.0 Å². The van der Waals surface area contributed by atoms with Gasteiger partial charge in [0.2, 0.25) is 0 Å². The van der Waals surface area contributed by atoms with Crippen molar-refractivity contribution in [2.75, 3.05) is 20.2 Å². The van der Waals surface area contributed by atoms with Gasteiger partial charge in [-0.2, -0.15) is 0 Å². The number of fused-ring (bicyclic) bond motifs is 1. The van der Waals surface area contributed by atoms with Crippen molar-refractivity contribution in [3.8, 4) is 11.8 Å². The normalized spacial score (nSPS) is 17.8. The summed E-state index contributed by atoms with van der Waals surface area (Å²) in [5, 5.41) is 0. The zero-order valence-electron chi connectivity index (χ0n) is 15.7. The first-order valence-electron chi connectivity index (χ1n) is 8.81. The van der Waals surface area contributed by atoms with Crippen molar-refractivity contribution < 1.29 is 19.0 Å². The molecule has 7 nitrogen and oxygen atoms in total. The Hall–Kier alpha value is -2.57. The SMILES string of the molecule is COc1nc2ccccc2nc1OC1CCCN(C(=O)OC(C)(C)C)C1. The van der Waals surface area contributed by atoms with Crippen LogP contribution >= 0.6 is 0 Å². The fourth-order valence-corrected chi connectivity index (χ4v) is 2.86. The van der Waals surface area contributed by atoms with E-state index in [1.807, 2.05) is 45.0 Å². The summed E-state index contributed by atoms with van der Waals surface area (Å²) in [7, 11) is 1.54. The van der Waals surface area contributed by atoms with E-state index in [-0.39, 0.29) is 12.2 Å². The highest BCUT2D eigenvalue weighted by atomic mass is 16.6. The molecule has 1 saturated heterocycles. The van der Waals surface area contributed by atoms with Crippen molar-refractivity contribution in [3.63, 3.8) is 0 Å². The third-order valence-electron chi connectivity index (χ3n) is 4.01. The van der Waals surface area contributed by atoms with Gasteiger partial charge in [-0.25, -0.2) is 14.8 Å². The number of likely N-dealkylation sites (tertiary alicyclic amines) is 1. The number of hydrogen-bond acceptors (Lipinski definition) is 6. The number of amides is 1. The quantitative estimate of drug-likeness (QED) is 0.836. The summed E-state index contributed by atoms with van der Waals surface area (Å²) in [6.45, 7) is 6.69. The molecule has 1 amide bonds. The van der Waals surface area contributed by atoms with Crippen molar-refractivity contribution in [2.24, 2.45) is 0 Å². The van der Waals surface area contributed by atoms with Crippen LogP contribution in [0.2, 0.25) is 0 Å². The number of piperidine rings is 1. The van der Waals surface area contributed by atoms with E-state index in [0.717, 1.165) is 23.9 Å². The molecule has 1 unspecified atom stereocenters. The van der Waals surface area contributed by atoms with E-state index >= 15 is 0 Å². The second-order valence-corrected chi connectivity index (χ2v) is 7.34. The first kappa shape index (κ1) is 18.2. The molecule has 140 valence electrons. The minimum Gasteiger partial charge on any atom is -0.477 e. The molecule has 3 rings (SSSR count). The predicted octanol–water partition coefficient (Wildman–Crippen LogP) is 3.42. The van der Waals surface area contributed by atoms with E-state index in [9.17, 15) is 4.79 Å². The van der Waals surface area contributed by atoms with Crippen molar-refractivity contribution in [1.29, 1.82) is 0 Å². The van der Waals surface area contributed by atoms with Crippen LogP contribution in [0.3, 0.4) is 0 Å². The summed E-state index contributed by atoms with van der Waals surface area (Å²) in [5.41, 5.74) is 0.969. The van der Waals surface area contributed by atoms with E-state index < -0.39 is 5.60 Å². The van der Waals surface area contributed by atoms with Gasteiger partial charge in [0.25, 0.3) is 11.8 Å². The summed E-state index contributed by atoms with van der Waals surface area (Å²) >= 11 is 0. The van der Waals surface area contributed by atoms with E-state index in [0.29, 0.717) is 24.8 Å². The molecule has 7 heteroatoms. The Morgan fingerprint density at radius 1 is 1.15 bits per heavy atom. The minimum atomic E-state index is -0.516. The fourth-order valence-electron chi connectivity index (χ4n) is 2.86. The van der Waals surface area contributed by atoms with Crippen LogP contribution in [0.1, 0.15) is 33.6 Å². The van der Waals surface area contributed by atoms with Crippen molar-refractivity contribution in [2.45, 2.75) is 45.3 Å². The van der Waals surface area contributed by atoms with Crippen LogP contribution in [0, 0.1) is 0 Å². The Morgan fingerprint density at radius 2 is 1.81 bits per heavy atom. The van der Waals surface area contributed by atoms with Crippen molar-refractivity contribution in [1.82, 2.24) is 14.9 Å². The summed E-state index contributed by atoms with van der Waals surface area (Å²) in [6, 6.07) is 7.55. The van der Waals surface area contributed by atoms with Gasteiger partial charge in [-0.05, 0) is 45.7 Å². The van der Waals surface area contributed by atoms with Crippen LogP contribution in [-0.2, 0) is 4.74 Å². The van der Waals surface area contributed by atoms with Gasteiger partial charge in [0.05, 0.1) is 24.7 Å². The molecule has 1 aliphatic rings. The molecule has 0 aliphatic carbocycles. The lowest BCUT2D eigenvalue weighted by Crippen LogP contribution is -2.46. The van der Waals surface area contributed by atoms with Crippen LogP contribution in [0.15, 0.2) is 24.3 Å². The van der Waals surface area contributed by atoms with Crippen LogP contribution in [-0.4, -0.2) is 52.9 Å². The number of methoxy groups -OCH3 is 1. The number of hydrogen-bond donors (Lipinski definition) is 0. The monoisotopic (exact) mass is 359 g/mol. The summed E-state index contributed by atoms with van der Waals surface area (Å²) < 4.78 is 16.8. The lowest BCUT2D eigenvalue weighted by molar-refractivity contribution is 0.00691. The van der Waals surface area contributed by atoms with Gasteiger partial charge in [-0.1, -0.05) is 12.1 Å². The molecule has 1 aromatic carbocycles. The van der Waals surface area contributed by atoms with Crippen molar-refractivity contribution in [3.05, 3.63) is 24.3 Å². The zero-order chi connectivity index (χ0) is 18.7. The van der Waals surface area contributed by atoms with Gasteiger partial charge in [0.1, 0.15) is 11.7 Å². The fraction of sp³-hybridized carbons (Fsp3) is 0.526. The highest BCUT2D eigenvalue weighted by molar-refractivity contribution is 5.75. The number of para-hydroxylation sites is 2. The van der Waals surface area contributed by atoms with Gasteiger partial charge in [-0.3, -0.25) is 0 Å². The van der Waals surface area contributed by atoms with Gasteiger partial charge in [0, 0.05) is 6.54 Å². The lowest BCUT2D eigenvalue weighted by Gasteiger charge is -2.34. The third-order valence-corrected chi connectivity index (χ3v) is 4.01. The lowest BCUT2D eigenvalue weighted by atomic mass is 10.1. The van der Waals surface area contributed by atoms with Crippen LogP contribution in [0.4, 0.5) is 4.79 Å². The number of carbonyl (C=O) groups is 1. The molecule has 0 radical (unpaired) electrons. The number of benzene rings is 1. The molecule has 1 fully saturated rings. The predicted molar refractivity (Wildman–Crippen MR) is 97.5 cm³/mol. The van der Waals surface area contributed by atoms with E-state index in [4.69, 9.17) is 14.2 Å². The topological polar surface area (TPSA) is 73.8 Å². The molecule has 26 heavy (non-hydrogen) atoms. The number of carbonyl (C=O) groups excluding carboxylic acids is 1. The molecule has 0 saturated carbocycles. The maximum Gasteiger partial charge on any atom is 0.410 e. The number of aromatic nitrogens is 2. The molecule has 1 aliphatic heterocycles. The summed E-state index contributed by atoms with van der Waals surface area (Å²) in [6.07, 6.45) is 1.17. The number of rotatable bonds is 3. The Kier molecular flexibility index (Phi) is 5.15. The summed E-state index contributed by atoms with van der Waals surface area (Å²) in [4.78, 5) is 23.0. The standard InChI is InChI=1S/C19H25N3O4/c1-19(2,3)26-18(23)22-11-7-8-13(12-22)25-17-16(24-4)20-14-9-5-6-10-15(14)21-17/h5-6,9-10,13H,7-8,11-12H2,1-4H3. The van der Waals surface area contributed by atoms with Crippen LogP contribution in [0.5, 0.6) is 11.8 Å². The average Bonchev–Trinajstić information content (AvgIpc) is 2.60. The molecule has 2 heterocycles. The highest BCUT2D eigenvalue weighted by Crippen LogP contribution is 2.28. The maximum atomic E-state index is 12.3. The first-order chi connectivity index (χ1) is 12.4. The second-order valence-electron chi connectivity index (χ2n) is 7.34. The van der Waals surface area contributed by atoms with Crippen LogP contribution in [0.25, 0.3) is 11.0 Å². The largest absolute Gasteiger partial charge is 0.477 e. The number of nitrogens with zero attached hydrogens (tertiary/aromatic N) is 3. The molecule has 0 N–H and O–H groups in total. The zero-order valence-corrected chi connectivity index (χ0v) is 15.7. The minimum absolute atomic E-state index is 0.180. The summed E-state index contributed by atoms with van der Waals surface area (Å²) in [5.74, 6) is 0.695. The molecular weight excluding hydrogens is 334 g/mol.